The molecular weight excluding hydrogens is 201 g/mol. The van der Waals surface area contributed by atoms with E-state index in [2.05, 4.69) is 0 Å². The van der Waals surface area contributed by atoms with Crippen LogP contribution < -0.4 is 5.46 Å². The lowest BCUT2D eigenvalue weighted by molar-refractivity contribution is 0.391. The third kappa shape index (κ3) is 1.77. The van der Waals surface area contributed by atoms with Crippen LogP contribution in [-0.2, 0) is 0 Å². The topological polar surface area (TPSA) is 40.5 Å². The van der Waals surface area contributed by atoms with Crippen LogP contribution in [0.1, 0.15) is 30.7 Å². The molecule has 0 saturated heterocycles. The van der Waals surface area contributed by atoms with Gasteiger partial charge in [-0.15, -0.1) is 0 Å². The smallest absolute Gasteiger partial charge is 0.423 e. The average molecular weight is 212 g/mol. The highest BCUT2D eigenvalue weighted by Crippen LogP contribution is 2.37. The Kier molecular flexibility index (Phi) is 2.75. The predicted octanol–water partition coefficient (Wildman–Crippen LogP) is 0.912. The SMILES string of the molecule is OB(O)c1ccc(C2CCC2)c(F)c1F. The fourth-order valence-corrected chi connectivity index (χ4v) is 1.81. The van der Waals surface area contributed by atoms with Crippen LogP contribution in [0.25, 0.3) is 0 Å². The van der Waals surface area contributed by atoms with E-state index in [-0.39, 0.29) is 5.92 Å². The van der Waals surface area contributed by atoms with Gasteiger partial charge >= 0.3 is 7.12 Å². The summed E-state index contributed by atoms with van der Waals surface area (Å²) in [6.07, 6.45) is 2.78. The standard InChI is InChI=1S/C10H11BF2O2/c12-9-7(6-2-1-3-6)4-5-8(10(9)13)11(14)15/h4-6,14-15H,1-3H2. The number of benzene rings is 1. The molecule has 0 bridgehead atoms. The molecule has 1 saturated carbocycles. The largest absolute Gasteiger partial charge is 0.491 e. The molecule has 0 heterocycles. The van der Waals surface area contributed by atoms with E-state index in [1.165, 1.54) is 12.1 Å². The fraction of sp³-hybridized carbons (Fsp3) is 0.400. The number of halogens is 2. The summed E-state index contributed by atoms with van der Waals surface area (Å²) in [4.78, 5) is 0. The van der Waals surface area contributed by atoms with Gasteiger partial charge in [0.15, 0.2) is 11.6 Å². The van der Waals surface area contributed by atoms with Crippen molar-refractivity contribution in [2.45, 2.75) is 25.2 Å². The van der Waals surface area contributed by atoms with Crippen molar-refractivity contribution in [3.8, 4) is 0 Å². The Hall–Kier alpha value is -0.935. The summed E-state index contributed by atoms with van der Waals surface area (Å²) in [5.41, 5.74) is -0.0567. The van der Waals surface area contributed by atoms with Gasteiger partial charge < -0.3 is 10.0 Å². The van der Waals surface area contributed by atoms with Gasteiger partial charge in [0.1, 0.15) is 0 Å². The minimum absolute atomic E-state index is 0.0874. The molecule has 0 unspecified atom stereocenters. The number of rotatable bonds is 2. The minimum atomic E-state index is -1.96. The van der Waals surface area contributed by atoms with Crippen molar-refractivity contribution in [2.75, 3.05) is 0 Å². The molecule has 2 rings (SSSR count). The molecule has 0 spiro atoms. The molecule has 0 aromatic heterocycles. The molecule has 0 amide bonds. The summed E-state index contributed by atoms with van der Waals surface area (Å²) in [6.45, 7) is 0. The maximum atomic E-state index is 13.5. The highest BCUT2D eigenvalue weighted by molar-refractivity contribution is 6.58. The summed E-state index contributed by atoms with van der Waals surface area (Å²) in [7, 11) is -1.96. The van der Waals surface area contributed by atoms with Crippen LogP contribution in [0.5, 0.6) is 0 Å². The van der Waals surface area contributed by atoms with Gasteiger partial charge in [0, 0.05) is 5.46 Å². The zero-order chi connectivity index (χ0) is 11.0. The van der Waals surface area contributed by atoms with Gasteiger partial charge in [-0.3, -0.25) is 0 Å². The molecule has 80 valence electrons. The minimum Gasteiger partial charge on any atom is -0.423 e. The van der Waals surface area contributed by atoms with Crippen LogP contribution in [0.15, 0.2) is 12.1 Å². The average Bonchev–Trinajstić information content (AvgIpc) is 2.09. The Morgan fingerprint density at radius 1 is 1.13 bits per heavy atom. The van der Waals surface area contributed by atoms with Crippen molar-refractivity contribution < 1.29 is 18.8 Å². The second-order valence-corrected chi connectivity index (χ2v) is 3.87. The second-order valence-electron chi connectivity index (χ2n) is 3.87. The van der Waals surface area contributed by atoms with Crippen molar-refractivity contribution in [3.05, 3.63) is 29.3 Å². The van der Waals surface area contributed by atoms with Crippen LogP contribution in [0.3, 0.4) is 0 Å². The molecule has 5 heteroatoms. The number of hydrogen-bond acceptors (Lipinski definition) is 2. The molecule has 2 N–H and O–H groups in total. The second kappa shape index (κ2) is 3.91. The molecular formula is C10H11BF2O2. The van der Waals surface area contributed by atoms with Crippen molar-refractivity contribution in [1.29, 1.82) is 0 Å². The van der Waals surface area contributed by atoms with E-state index in [1.54, 1.807) is 0 Å². The number of hydrogen-bond donors (Lipinski definition) is 2. The summed E-state index contributed by atoms with van der Waals surface area (Å²) in [5, 5.41) is 17.6. The first-order valence-electron chi connectivity index (χ1n) is 4.95. The van der Waals surface area contributed by atoms with Crippen LogP contribution in [-0.4, -0.2) is 17.2 Å². The van der Waals surface area contributed by atoms with Gasteiger partial charge in [-0.05, 0) is 24.3 Å². The van der Waals surface area contributed by atoms with Gasteiger partial charge in [-0.1, -0.05) is 18.6 Å². The van der Waals surface area contributed by atoms with Gasteiger partial charge in [-0.2, -0.15) is 0 Å². The normalized spacial score (nSPS) is 16.3. The third-order valence-electron chi connectivity index (χ3n) is 2.97. The van der Waals surface area contributed by atoms with E-state index >= 15 is 0 Å². The highest BCUT2D eigenvalue weighted by Gasteiger charge is 2.27. The van der Waals surface area contributed by atoms with E-state index in [1.807, 2.05) is 0 Å². The lowest BCUT2D eigenvalue weighted by Crippen LogP contribution is -2.34. The van der Waals surface area contributed by atoms with Crippen molar-refractivity contribution in [2.24, 2.45) is 0 Å². The van der Waals surface area contributed by atoms with E-state index in [9.17, 15) is 8.78 Å². The summed E-state index contributed by atoms with van der Waals surface area (Å²) in [6, 6.07) is 2.67. The summed E-state index contributed by atoms with van der Waals surface area (Å²) < 4.78 is 26.8. The van der Waals surface area contributed by atoms with Gasteiger partial charge in [0.05, 0.1) is 0 Å². The third-order valence-corrected chi connectivity index (χ3v) is 2.97. The van der Waals surface area contributed by atoms with E-state index in [0.29, 0.717) is 5.56 Å². The quantitative estimate of drug-likeness (QED) is 0.715. The molecule has 2 nitrogen and oxygen atoms in total. The first kappa shape index (κ1) is 10.6. The Morgan fingerprint density at radius 2 is 1.80 bits per heavy atom. The lowest BCUT2D eigenvalue weighted by Gasteiger charge is -2.26. The molecule has 1 aliphatic rings. The Labute approximate surface area is 86.7 Å². The maximum Gasteiger partial charge on any atom is 0.491 e. The zero-order valence-electron chi connectivity index (χ0n) is 8.08. The van der Waals surface area contributed by atoms with Gasteiger partial charge in [-0.25, -0.2) is 8.78 Å². The van der Waals surface area contributed by atoms with Gasteiger partial charge in [0.25, 0.3) is 0 Å². The van der Waals surface area contributed by atoms with E-state index < -0.39 is 24.2 Å². The van der Waals surface area contributed by atoms with Crippen LogP contribution in [0.4, 0.5) is 8.78 Å². The predicted molar refractivity (Wildman–Crippen MR) is 52.8 cm³/mol. The Balaban J connectivity index is 2.39. The summed E-state index contributed by atoms with van der Waals surface area (Å²) >= 11 is 0. The Bertz CT molecular complexity index is 378. The van der Waals surface area contributed by atoms with Crippen molar-refractivity contribution >= 4 is 12.6 Å². The fourth-order valence-electron chi connectivity index (χ4n) is 1.81. The van der Waals surface area contributed by atoms with Crippen LogP contribution >= 0.6 is 0 Å². The van der Waals surface area contributed by atoms with Crippen LogP contribution in [0, 0.1) is 11.6 Å². The first-order chi connectivity index (χ1) is 7.11. The first-order valence-corrected chi connectivity index (χ1v) is 4.95. The molecule has 1 aromatic rings. The van der Waals surface area contributed by atoms with E-state index in [0.717, 1.165) is 19.3 Å². The molecule has 15 heavy (non-hydrogen) atoms. The van der Waals surface area contributed by atoms with Crippen molar-refractivity contribution in [1.82, 2.24) is 0 Å². The maximum absolute atomic E-state index is 13.5. The summed E-state index contributed by atoms with van der Waals surface area (Å²) in [5.74, 6) is -2.00. The van der Waals surface area contributed by atoms with Crippen LogP contribution in [0.2, 0.25) is 0 Å². The molecule has 1 aliphatic carbocycles. The van der Waals surface area contributed by atoms with Gasteiger partial charge in [0.2, 0.25) is 0 Å². The highest BCUT2D eigenvalue weighted by atomic mass is 19.2. The molecule has 1 aromatic carbocycles. The van der Waals surface area contributed by atoms with E-state index in [4.69, 9.17) is 10.0 Å². The monoisotopic (exact) mass is 212 g/mol. The zero-order valence-corrected chi connectivity index (χ0v) is 8.08. The molecule has 0 aliphatic heterocycles. The lowest BCUT2D eigenvalue weighted by atomic mass is 9.75. The molecule has 1 fully saturated rings. The van der Waals surface area contributed by atoms with Crippen molar-refractivity contribution in [3.63, 3.8) is 0 Å². The molecule has 0 atom stereocenters. The molecule has 0 radical (unpaired) electrons. The Morgan fingerprint density at radius 3 is 2.27 bits per heavy atom.